The van der Waals surface area contributed by atoms with Crippen LogP contribution in [0.3, 0.4) is 0 Å². The van der Waals surface area contributed by atoms with Crippen LogP contribution in [0.4, 0.5) is 8.78 Å². The van der Waals surface area contributed by atoms with Gasteiger partial charge in [-0.1, -0.05) is 24.3 Å². The summed E-state index contributed by atoms with van der Waals surface area (Å²) in [5.41, 5.74) is 7.31. The zero-order valence-electron chi connectivity index (χ0n) is 18.9. The molecule has 0 spiro atoms. The molecule has 1 aliphatic rings. The van der Waals surface area contributed by atoms with Crippen molar-refractivity contribution in [3.05, 3.63) is 111 Å². The van der Waals surface area contributed by atoms with E-state index in [9.17, 15) is 18.8 Å². The molecule has 0 saturated carbocycles. The van der Waals surface area contributed by atoms with Gasteiger partial charge >= 0.3 is 5.63 Å². The van der Waals surface area contributed by atoms with E-state index in [1.165, 1.54) is 13.2 Å². The summed E-state index contributed by atoms with van der Waals surface area (Å²) in [6, 6.07) is 17.1. The highest BCUT2D eigenvalue weighted by Gasteiger charge is 2.35. The second-order valence-corrected chi connectivity index (χ2v) is 7.99. The topological polar surface area (TPSA) is 108 Å². The van der Waals surface area contributed by atoms with Crippen LogP contribution < -0.4 is 25.6 Å². The summed E-state index contributed by atoms with van der Waals surface area (Å²) >= 11 is 0. The van der Waals surface area contributed by atoms with Crippen molar-refractivity contribution < 1.29 is 27.4 Å². The van der Waals surface area contributed by atoms with Crippen molar-refractivity contribution in [2.75, 3.05) is 7.11 Å². The molecule has 5 rings (SSSR count). The second-order valence-electron chi connectivity index (χ2n) is 7.99. The molecular weight excluding hydrogens is 470 g/mol. The van der Waals surface area contributed by atoms with Gasteiger partial charge in [-0.15, -0.1) is 0 Å². The highest BCUT2D eigenvalue weighted by molar-refractivity contribution is 5.85. The molecule has 1 aromatic heterocycles. The fourth-order valence-corrected chi connectivity index (χ4v) is 4.28. The second kappa shape index (κ2) is 9.07. The Morgan fingerprint density at radius 1 is 1.08 bits per heavy atom. The molecule has 0 aliphatic carbocycles. The van der Waals surface area contributed by atoms with E-state index in [1.54, 1.807) is 42.5 Å². The normalized spacial score (nSPS) is 14.7. The van der Waals surface area contributed by atoms with Gasteiger partial charge in [0, 0.05) is 22.6 Å². The molecule has 2 heterocycles. The van der Waals surface area contributed by atoms with Crippen molar-refractivity contribution in [1.82, 2.24) is 0 Å². The van der Waals surface area contributed by atoms with Crippen molar-refractivity contribution in [3.63, 3.8) is 0 Å². The van der Waals surface area contributed by atoms with Crippen LogP contribution in [0.1, 0.15) is 22.6 Å². The Morgan fingerprint density at radius 2 is 1.86 bits per heavy atom. The first-order chi connectivity index (χ1) is 17.4. The smallest absolute Gasteiger partial charge is 0.380 e. The molecule has 0 bridgehead atoms. The predicted octanol–water partition coefficient (Wildman–Crippen LogP) is 4.88. The molecule has 0 fully saturated rings. The first kappa shape index (κ1) is 22.9. The van der Waals surface area contributed by atoms with E-state index >= 15 is 0 Å². The number of ether oxygens (including phenoxy) is 3. The molecule has 9 heteroatoms. The number of nitrogens with zero attached hydrogens (tertiary/aromatic N) is 1. The molecule has 1 unspecified atom stereocenters. The van der Waals surface area contributed by atoms with Crippen LogP contribution in [0, 0.1) is 23.0 Å². The van der Waals surface area contributed by atoms with E-state index in [0.29, 0.717) is 33.4 Å². The highest BCUT2D eigenvalue weighted by Crippen LogP contribution is 2.44. The lowest BCUT2D eigenvalue weighted by Gasteiger charge is -2.27. The number of nitrogens with two attached hydrogens (primary N) is 1. The van der Waals surface area contributed by atoms with E-state index < -0.39 is 23.2 Å². The van der Waals surface area contributed by atoms with E-state index in [4.69, 9.17) is 24.4 Å². The van der Waals surface area contributed by atoms with Crippen molar-refractivity contribution in [2.24, 2.45) is 5.73 Å². The third-order valence-corrected chi connectivity index (χ3v) is 5.90. The van der Waals surface area contributed by atoms with Gasteiger partial charge in [-0.05, 0) is 35.9 Å². The monoisotopic (exact) mass is 488 g/mol. The van der Waals surface area contributed by atoms with Gasteiger partial charge in [0.15, 0.2) is 11.6 Å². The van der Waals surface area contributed by atoms with Crippen molar-refractivity contribution >= 4 is 11.0 Å². The standard InChI is InChI=1S/C27H18F2N2O5/c1-33-20-8-6-14(10-15(20)13-34-22-9-7-16(28)11-19(22)29)23-18(12-30)26(31)36-25-24(23)17-4-2-3-5-21(17)35-27(25)32/h2-11,23H,13,31H2,1H3. The molecule has 3 aromatic carbocycles. The van der Waals surface area contributed by atoms with Crippen molar-refractivity contribution in [1.29, 1.82) is 5.26 Å². The summed E-state index contributed by atoms with van der Waals surface area (Å²) < 4.78 is 49.3. The Morgan fingerprint density at radius 3 is 2.61 bits per heavy atom. The Hall–Kier alpha value is -4.84. The van der Waals surface area contributed by atoms with Gasteiger partial charge in [0.05, 0.1) is 13.0 Å². The maximum absolute atomic E-state index is 14.1. The molecule has 0 amide bonds. The van der Waals surface area contributed by atoms with Crippen LogP contribution in [0.15, 0.2) is 81.3 Å². The fraction of sp³-hybridized carbons (Fsp3) is 0.111. The third-order valence-electron chi connectivity index (χ3n) is 5.90. The molecule has 0 saturated heterocycles. The molecule has 4 aromatic rings. The molecule has 1 aliphatic heterocycles. The third kappa shape index (κ3) is 3.88. The van der Waals surface area contributed by atoms with E-state index in [2.05, 4.69) is 6.07 Å². The molecule has 1 atom stereocenters. The maximum atomic E-state index is 14.1. The molecule has 36 heavy (non-hydrogen) atoms. The van der Waals surface area contributed by atoms with Crippen LogP contribution in [-0.4, -0.2) is 7.11 Å². The molecule has 0 radical (unpaired) electrons. The Labute approximate surface area is 203 Å². The van der Waals surface area contributed by atoms with Gasteiger partial charge in [-0.3, -0.25) is 0 Å². The number of hydrogen-bond donors (Lipinski definition) is 1. The average molecular weight is 488 g/mol. The van der Waals surface area contributed by atoms with E-state index in [-0.39, 0.29) is 29.6 Å². The number of methoxy groups -OCH3 is 1. The number of hydrogen-bond acceptors (Lipinski definition) is 7. The number of allylic oxidation sites excluding steroid dienone is 1. The van der Waals surface area contributed by atoms with Crippen LogP contribution in [0.5, 0.6) is 17.2 Å². The minimum Gasteiger partial charge on any atom is -0.496 e. The van der Waals surface area contributed by atoms with Gasteiger partial charge in [-0.2, -0.15) is 5.26 Å². The van der Waals surface area contributed by atoms with Crippen LogP contribution in [-0.2, 0) is 6.61 Å². The lowest BCUT2D eigenvalue weighted by Crippen LogP contribution is -2.25. The highest BCUT2D eigenvalue weighted by atomic mass is 19.1. The van der Waals surface area contributed by atoms with E-state index in [0.717, 1.165) is 12.1 Å². The van der Waals surface area contributed by atoms with Gasteiger partial charge in [0.2, 0.25) is 11.6 Å². The summed E-state index contributed by atoms with van der Waals surface area (Å²) in [7, 11) is 1.47. The number of fused-ring (bicyclic) bond motifs is 3. The predicted molar refractivity (Wildman–Crippen MR) is 125 cm³/mol. The fourth-order valence-electron chi connectivity index (χ4n) is 4.28. The Balaban J connectivity index is 1.65. The van der Waals surface area contributed by atoms with Gasteiger partial charge in [-0.25, -0.2) is 13.6 Å². The number of nitriles is 1. The molecular formula is C27H18F2N2O5. The first-order valence-corrected chi connectivity index (χ1v) is 10.8. The number of benzene rings is 3. The Kier molecular flexibility index (Phi) is 5.78. The average Bonchev–Trinajstić information content (AvgIpc) is 2.87. The molecule has 180 valence electrons. The first-order valence-electron chi connectivity index (χ1n) is 10.8. The largest absolute Gasteiger partial charge is 0.496 e. The Bertz CT molecular complexity index is 1640. The zero-order chi connectivity index (χ0) is 25.4. The SMILES string of the molecule is COc1ccc(C2C(C#N)=C(N)Oc3c2c2ccccc2oc3=O)cc1COc1ccc(F)cc1F. The maximum Gasteiger partial charge on any atom is 0.380 e. The molecule has 7 nitrogen and oxygen atoms in total. The quantitative estimate of drug-likeness (QED) is 0.399. The minimum absolute atomic E-state index is 0.0998. The van der Waals surface area contributed by atoms with Crippen LogP contribution in [0.25, 0.3) is 11.0 Å². The van der Waals surface area contributed by atoms with Crippen molar-refractivity contribution in [3.8, 4) is 23.3 Å². The lowest BCUT2D eigenvalue weighted by molar-refractivity contribution is 0.281. The molecule has 2 N–H and O–H groups in total. The summed E-state index contributed by atoms with van der Waals surface area (Å²) in [5, 5.41) is 10.5. The van der Waals surface area contributed by atoms with Gasteiger partial charge in [0.25, 0.3) is 0 Å². The van der Waals surface area contributed by atoms with Crippen LogP contribution >= 0.6 is 0 Å². The summed E-state index contributed by atoms with van der Waals surface area (Å²) in [5.74, 6) is -2.32. The number of rotatable bonds is 5. The lowest BCUT2D eigenvalue weighted by atomic mass is 9.81. The van der Waals surface area contributed by atoms with E-state index in [1.807, 2.05) is 0 Å². The van der Waals surface area contributed by atoms with Crippen LogP contribution in [0.2, 0.25) is 0 Å². The van der Waals surface area contributed by atoms with Crippen molar-refractivity contribution in [2.45, 2.75) is 12.5 Å². The zero-order valence-corrected chi connectivity index (χ0v) is 18.9. The number of para-hydroxylation sites is 1. The minimum atomic E-state index is -0.843. The summed E-state index contributed by atoms with van der Waals surface area (Å²) in [6.45, 7) is -0.117. The van der Waals surface area contributed by atoms with Gasteiger partial charge < -0.3 is 24.4 Å². The summed E-state index contributed by atoms with van der Waals surface area (Å²) in [6.07, 6.45) is 0. The summed E-state index contributed by atoms with van der Waals surface area (Å²) in [4.78, 5) is 12.7. The number of halogens is 2. The van der Waals surface area contributed by atoms with Gasteiger partial charge in [0.1, 0.15) is 35.4 Å².